The average Bonchev–Trinajstić information content (AvgIpc) is 3.01. The molecule has 1 heterocycles. The lowest BCUT2D eigenvalue weighted by Gasteiger charge is -2.20. The van der Waals surface area contributed by atoms with Crippen LogP contribution >= 0.6 is 11.3 Å². The topological polar surface area (TPSA) is 12.0 Å². The second-order valence-corrected chi connectivity index (χ2v) is 5.96. The van der Waals surface area contributed by atoms with Crippen LogP contribution < -0.4 is 5.32 Å². The van der Waals surface area contributed by atoms with Crippen LogP contribution in [-0.2, 0) is 12.8 Å². The fourth-order valence-electron chi connectivity index (χ4n) is 2.66. The zero-order valence-corrected chi connectivity index (χ0v) is 13.6. The van der Waals surface area contributed by atoms with Crippen LogP contribution in [0.4, 0.5) is 0 Å². The van der Waals surface area contributed by atoms with E-state index in [-0.39, 0.29) is 0 Å². The first-order valence-electron chi connectivity index (χ1n) is 7.67. The van der Waals surface area contributed by atoms with E-state index in [1.807, 2.05) is 0 Å². The molecule has 0 saturated heterocycles. The molecular weight excluding hydrogens is 262 g/mol. The minimum atomic E-state index is 0.331. The van der Waals surface area contributed by atoms with E-state index in [0.717, 1.165) is 25.8 Å². The third-order valence-corrected chi connectivity index (χ3v) is 4.50. The highest BCUT2D eigenvalue weighted by molar-refractivity contribution is 7.08. The van der Waals surface area contributed by atoms with Crippen molar-refractivity contribution in [3.05, 3.63) is 57.3 Å². The van der Waals surface area contributed by atoms with Crippen LogP contribution in [0.2, 0.25) is 0 Å². The monoisotopic (exact) mass is 287 g/mol. The van der Waals surface area contributed by atoms with Crippen molar-refractivity contribution in [2.75, 3.05) is 6.54 Å². The van der Waals surface area contributed by atoms with E-state index in [0.29, 0.717) is 6.04 Å². The molecule has 108 valence electrons. The number of hydrogen-bond acceptors (Lipinski definition) is 2. The minimum Gasteiger partial charge on any atom is -0.306 e. The molecule has 0 aliphatic rings. The largest absolute Gasteiger partial charge is 0.306 e. The van der Waals surface area contributed by atoms with Crippen molar-refractivity contribution < 1.29 is 0 Å². The van der Waals surface area contributed by atoms with Crippen LogP contribution in [-0.4, -0.2) is 6.54 Å². The van der Waals surface area contributed by atoms with E-state index in [1.54, 1.807) is 11.3 Å². The van der Waals surface area contributed by atoms with Gasteiger partial charge in [0.15, 0.2) is 0 Å². The smallest absolute Gasteiger partial charge is 0.0585 e. The Balaban J connectivity index is 2.33. The molecule has 0 amide bonds. The molecule has 1 atom stereocenters. The standard InChI is InChI=1S/C18H25NS/c1-4-10-19-18(17-9-11-20-13-17)16-8-7-14(5-2)15(6-3)12-16/h7-9,11-13,18-19H,4-6,10H2,1-3H3. The zero-order chi connectivity index (χ0) is 14.4. The second-order valence-electron chi connectivity index (χ2n) is 5.18. The molecule has 0 saturated carbocycles. The summed E-state index contributed by atoms with van der Waals surface area (Å²) in [5.41, 5.74) is 5.75. The summed E-state index contributed by atoms with van der Waals surface area (Å²) in [6.07, 6.45) is 3.39. The summed E-state index contributed by atoms with van der Waals surface area (Å²) in [5, 5.41) is 8.10. The van der Waals surface area contributed by atoms with Crippen LogP contribution in [0.5, 0.6) is 0 Å². The first-order chi connectivity index (χ1) is 9.80. The summed E-state index contributed by atoms with van der Waals surface area (Å²) in [6, 6.07) is 9.56. The summed E-state index contributed by atoms with van der Waals surface area (Å²) in [7, 11) is 0. The van der Waals surface area contributed by atoms with Crippen molar-refractivity contribution >= 4 is 11.3 Å². The van der Waals surface area contributed by atoms with Gasteiger partial charge < -0.3 is 5.32 Å². The van der Waals surface area contributed by atoms with Crippen LogP contribution in [0.25, 0.3) is 0 Å². The minimum absolute atomic E-state index is 0.331. The lowest BCUT2D eigenvalue weighted by atomic mass is 9.94. The van der Waals surface area contributed by atoms with Gasteiger partial charge in [-0.1, -0.05) is 39.0 Å². The molecule has 1 aromatic heterocycles. The molecule has 0 bridgehead atoms. The summed E-state index contributed by atoms with van der Waals surface area (Å²) >= 11 is 1.77. The molecule has 0 radical (unpaired) electrons. The van der Waals surface area contributed by atoms with Gasteiger partial charge in [0.1, 0.15) is 0 Å². The number of benzene rings is 1. The molecule has 2 aromatic rings. The van der Waals surface area contributed by atoms with E-state index in [9.17, 15) is 0 Å². The molecule has 20 heavy (non-hydrogen) atoms. The molecule has 1 aromatic carbocycles. The summed E-state index contributed by atoms with van der Waals surface area (Å²) in [5.74, 6) is 0. The molecule has 2 rings (SSSR count). The fraction of sp³-hybridized carbons (Fsp3) is 0.444. The van der Waals surface area contributed by atoms with Gasteiger partial charge in [-0.3, -0.25) is 0 Å². The molecule has 0 fully saturated rings. The normalized spacial score (nSPS) is 12.6. The van der Waals surface area contributed by atoms with Crippen molar-refractivity contribution in [1.29, 1.82) is 0 Å². The first-order valence-corrected chi connectivity index (χ1v) is 8.61. The lowest BCUT2D eigenvalue weighted by Crippen LogP contribution is -2.23. The second kappa shape index (κ2) is 7.61. The predicted molar refractivity (Wildman–Crippen MR) is 89.7 cm³/mol. The molecule has 0 spiro atoms. The number of aryl methyl sites for hydroxylation is 2. The Morgan fingerprint density at radius 2 is 1.80 bits per heavy atom. The molecule has 1 nitrogen and oxygen atoms in total. The Hall–Kier alpha value is -1.12. The first kappa shape index (κ1) is 15.3. The molecular formula is C18H25NS. The van der Waals surface area contributed by atoms with Crippen LogP contribution in [0.1, 0.15) is 55.5 Å². The van der Waals surface area contributed by atoms with Crippen molar-refractivity contribution in [1.82, 2.24) is 5.32 Å². The van der Waals surface area contributed by atoms with Gasteiger partial charge in [-0.25, -0.2) is 0 Å². The van der Waals surface area contributed by atoms with E-state index < -0.39 is 0 Å². The maximum atomic E-state index is 3.68. The van der Waals surface area contributed by atoms with Gasteiger partial charge in [-0.15, -0.1) is 0 Å². The predicted octanol–water partition coefficient (Wildman–Crippen LogP) is 4.96. The summed E-state index contributed by atoms with van der Waals surface area (Å²) < 4.78 is 0. The molecule has 0 aliphatic carbocycles. The van der Waals surface area contributed by atoms with Gasteiger partial charge in [-0.2, -0.15) is 11.3 Å². The van der Waals surface area contributed by atoms with Crippen LogP contribution in [0.15, 0.2) is 35.0 Å². The van der Waals surface area contributed by atoms with Crippen LogP contribution in [0.3, 0.4) is 0 Å². The van der Waals surface area contributed by atoms with Gasteiger partial charge in [0.25, 0.3) is 0 Å². The lowest BCUT2D eigenvalue weighted by molar-refractivity contribution is 0.599. The Labute approximate surface area is 127 Å². The number of thiophene rings is 1. The Kier molecular flexibility index (Phi) is 5.81. The number of hydrogen-bond donors (Lipinski definition) is 1. The number of rotatable bonds is 7. The van der Waals surface area contributed by atoms with E-state index in [2.05, 4.69) is 61.1 Å². The Morgan fingerprint density at radius 1 is 1.00 bits per heavy atom. The zero-order valence-electron chi connectivity index (χ0n) is 12.8. The molecule has 1 N–H and O–H groups in total. The third-order valence-electron chi connectivity index (χ3n) is 3.80. The quantitative estimate of drug-likeness (QED) is 0.758. The molecule has 2 heteroatoms. The SMILES string of the molecule is CCCNC(c1ccsc1)c1ccc(CC)c(CC)c1. The van der Waals surface area contributed by atoms with E-state index in [1.165, 1.54) is 22.3 Å². The average molecular weight is 287 g/mol. The van der Waals surface area contributed by atoms with Crippen LogP contribution in [0, 0.1) is 0 Å². The maximum absolute atomic E-state index is 3.68. The van der Waals surface area contributed by atoms with E-state index in [4.69, 9.17) is 0 Å². The molecule has 0 aliphatic heterocycles. The van der Waals surface area contributed by atoms with Gasteiger partial charge in [0, 0.05) is 0 Å². The third kappa shape index (κ3) is 3.50. The van der Waals surface area contributed by atoms with Gasteiger partial charge in [0.05, 0.1) is 6.04 Å². The van der Waals surface area contributed by atoms with Crippen molar-refractivity contribution in [3.63, 3.8) is 0 Å². The maximum Gasteiger partial charge on any atom is 0.0585 e. The summed E-state index contributed by atoms with van der Waals surface area (Å²) in [4.78, 5) is 0. The van der Waals surface area contributed by atoms with Crippen molar-refractivity contribution in [2.24, 2.45) is 0 Å². The highest BCUT2D eigenvalue weighted by Crippen LogP contribution is 2.26. The Bertz CT molecular complexity index is 516. The van der Waals surface area contributed by atoms with Crippen molar-refractivity contribution in [2.45, 2.75) is 46.1 Å². The van der Waals surface area contributed by atoms with Crippen molar-refractivity contribution in [3.8, 4) is 0 Å². The number of nitrogens with one attached hydrogen (secondary N) is 1. The summed E-state index contributed by atoms with van der Waals surface area (Å²) in [6.45, 7) is 7.75. The highest BCUT2D eigenvalue weighted by Gasteiger charge is 2.14. The highest BCUT2D eigenvalue weighted by atomic mass is 32.1. The molecule has 1 unspecified atom stereocenters. The van der Waals surface area contributed by atoms with Gasteiger partial charge in [-0.05, 0) is 64.9 Å². The van der Waals surface area contributed by atoms with Gasteiger partial charge in [0.2, 0.25) is 0 Å². The Morgan fingerprint density at radius 3 is 2.40 bits per heavy atom. The van der Waals surface area contributed by atoms with Gasteiger partial charge >= 0.3 is 0 Å². The fourth-order valence-corrected chi connectivity index (χ4v) is 3.34. The van der Waals surface area contributed by atoms with E-state index >= 15 is 0 Å².